The van der Waals surface area contributed by atoms with Gasteiger partial charge in [0.25, 0.3) is 11.8 Å². The lowest BCUT2D eigenvalue weighted by Crippen LogP contribution is -2.35. The van der Waals surface area contributed by atoms with Crippen LogP contribution < -0.4 is 16.4 Å². The summed E-state index contributed by atoms with van der Waals surface area (Å²) in [7, 11) is 0. The van der Waals surface area contributed by atoms with E-state index in [1.165, 1.54) is 6.42 Å². The third-order valence-corrected chi connectivity index (χ3v) is 6.15. The Morgan fingerprint density at radius 3 is 2.33 bits per heavy atom. The Bertz CT molecular complexity index is 1230. The van der Waals surface area contributed by atoms with E-state index in [-0.39, 0.29) is 11.8 Å². The monoisotopic (exact) mass is 438 g/mol. The van der Waals surface area contributed by atoms with Gasteiger partial charge >= 0.3 is 0 Å². The number of rotatable bonds is 4. The average molecular weight is 439 g/mol. The first-order valence-electron chi connectivity index (χ1n) is 11.3. The smallest absolute Gasteiger partial charge is 0.258 e. The Balaban J connectivity index is 1.50. The number of carbonyl (C=O) groups is 2. The van der Waals surface area contributed by atoms with Crippen LogP contribution in [0.4, 0.5) is 17.1 Å². The zero-order valence-corrected chi connectivity index (χ0v) is 18.3. The average Bonchev–Trinajstić information content (AvgIpc) is 3.18. The molecule has 4 N–H and O–H groups in total. The molecule has 0 aliphatic carbocycles. The van der Waals surface area contributed by atoms with E-state index in [0.29, 0.717) is 22.5 Å². The Hall–Kier alpha value is -4.06. The number of hydrogen-bond acceptors (Lipinski definition) is 4. The molecule has 0 bridgehead atoms. The molecular formula is C27H26N4O2. The summed E-state index contributed by atoms with van der Waals surface area (Å²) in [6.07, 6.45) is 3.31. The van der Waals surface area contributed by atoms with Crippen molar-refractivity contribution in [3.05, 3.63) is 89.5 Å². The summed E-state index contributed by atoms with van der Waals surface area (Å²) >= 11 is 0. The van der Waals surface area contributed by atoms with Gasteiger partial charge in [0.15, 0.2) is 0 Å². The fraction of sp³-hybridized carbons (Fsp3) is 0.185. The molecule has 166 valence electrons. The fourth-order valence-corrected chi connectivity index (χ4v) is 4.44. The van der Waals surface area contributed by atoms with E-state index in [1.807, 2.05) is 71.6 Å². The number of piperidine rings is 1. The van der Waals surface area contributed by atoms with Gasteiger partial charge in [-0.1, -0.05) is 30.3 Å². The number of anilines is 3. The number of carbonyl (C=O) groups excluding carboxylic acids is 2. The van der Waals surface area contributed by atoms with Crippen LogP contribution in [-0.4, -0.2) is 29.8 Å². The second-order valence-electron chi connectivity index (χ2n) is 8.43. The molecule has 0 aromatic heterocycles. The second kappa shape index (κ2) is 8.82. The van der Waals surface area contributed by atoms with Crippen LogP contribution in [0.2, 0.25) is 0 Å². The van der Waals surface area contributed by atoms with Crippen molar-refractivity contribution in [2.75, 3.05) is 29.5 Å². The molecular weight excluding hydrogens is 412 g/mol. The van der Waals surface area contributed by atoms with E-state index in [2.05, 4.69) is 10.6 Å². The van der Waals surface area contributed by atoms with Gasteiger partial charge in [-0.3, -0.25) is 9.59 Å². The van der Waals surface area contributed by atoms with Gasteiger partial charge in [0.05, 0.1) is 11.3 Å². The molecule has 1 saturated heterocycles. The van der Waals surface area contributed by atoms with Gasteiger partial charge in [-0.25, -0.2) is 0 Å². The molecule has 0 atom stereocenters. The number of nitrogens with two attached hydrogens (primary N) is 1. The highest BCUT2D eigenvalue weighted by atomic mass is 16.2. The summed E-state index contributed by atoms with van der Waals surface area (Å²) in [4.78, 5) is 27.7. The Labute approximate surface area is 193 Å². The number of nitrogen functional groups attached to an aromatic ring is 1. The largest absolute Gasteiger partial charge is 0.399 e. The normalized spacial score (nSPS) is 16.7. The van der Waals surface area contributed by atoms with Gasteiger partial charge in [0, 0.05) is 41.3 Å². The number of nitrogens with zero attached hydrogens (tertiary/aromatic N) is 1. The van der Waals surface area contributed by atoms with Gasteiger partial charge in [-0.2, -0.15) is 0 Å². The summed E-state index contributed by atoms with van der Waals surface area (Å²) in [5.41, 5.74) is 11.7. The van der Waals surface area contributed by atoms with E-state index in [9.17, 15) is 9.59 Å². The lowest BCUT2D eigenvalue weighted by atomic mass is 9.99. The number of likely N-dealkylation sites (tertiary alicyclic amines) is 1. The molecule has 6 nitrogen and oxygen atoms in total. The molecule has 2 heterocycles. The highest BCUT2D eigenvalue weighted by Gasteiger charge is 2.28. The highest BCUT2D eigenvalue weighted by Crippen LogP contribution is 2.38. The van der Waals surface area contributed by atoms with E-state index in [4.69, 9.17) is 5.73 Å². The molecule has 5 rings (SSSR count). The zero-order valence-electron chi connectivity index (χ0n) is 18.3. The molecule has 1 fully saturated rings. The quantitative estimate of drug-likeness (QED) is 0.402. The number of nitrogens with one attached hydrogen (secondary N) is 2. The predicted molar refractivity (Wildman–Crippen MR) is 133 cm³/mol. The van der Waals surface area contributed by atoms with Gasteiger partial charge in [-0.05, 0) is 67.3 Å². The van der Waals surface area contributed by atoms with Crippen molar-refractivity contribution in [3.63, 3.8) is 0 Å². The Morgan fingerprint density at radius 1 is 0.879 bits per heavy atom. The summed E-state index contributed by atoms with van der Waals surface area (Å²) in [5.74, 6) is -0.110. The first-order chi connectivity index (χ1) is 16.1. The van der Waals surface area contributed by atoms with Crippen molar-refractivity contribution >= 4 is 40.1 Å². The molecule has 33 heavy (non-hydrogen) atoms. The van der Waals surface area contributed by atoms with Crippen LogP contribution in [0.3, 0.4) is 0 Å². The highest BCUT2D eigenvalue weighted by molar-refractivity contribution is 6.37. The van der Waals surface area contributed by atoms with Crippen LogP contribution in [0.1, 0.15) is 40.7 Å². The topological polar surface area (TPSA) is 87.5 Å². The number of hydrogen-bond donors (Lipinski definition) is 3. The van der Waals surface area contributed by atoms with Gasteiger partial charge in [-0.15, -0.1) is 0 Å². The van der Waals surface area contributed by atoms with Crippen molar-refractivity contribution < 1.29 is 9.59 Å². The molecule has 3 aromatic rings. The third-order valence-electron chi connectivity index (χ3n) is 6.15. The standard InChI is InChI=1S/C27H26N4O2/c28-20-11-14-23-22(17-20)24(26(32)30-23)25(18-7-3-1-4-8-18)29-21-12-9-19(10-13-21)27(33)31-15-5-2-6-16-31/h1,3-4,7-14,17,29H,2,5-6,15-16,28H2,(H,30,32)/b25-24-. The molecule has 3 aromatic carbocycles. The van der Waals surface area contributed by atoms with Gasteiger partial charge in [0.1, 0.15) is 0 Å². The minimum Gasteiger partial charge on any atom is -0.399 e. The summed E-state index contributed by atoms with van der Waals surface area (Å²) in [6, 6.07) is 22.6. The van der Waals surface area contributed by atoms with Crippen LogP contribution in [-0.2, 0) is 4.79 Å². The van der Waals surface area contributed by atoms with Crippen LogP contribution in [0, 0.1) is 0 Å². The number of fused-ring (bicyclic) bond motifs is 1. The maximum atomic E-state index is 13.0. The Kier molecular flexibility index (Phi) is 5.57. The van der Waals surface area contributed by atoms with Crippen LogP contribution in [0.25, 0.3) is 11.3 Å². The molecule has 2 aliphatic rings. The van der Waals surface area contributed by atoms with Crippen molar-refractivity contribution in [2.45, 2.75) is 19.3 Å². The number of amides is 2. The van der Waals surface area contributed by atoms with E-state index >= 15 is 0 Å². The summed E-state index contributed by atoms with van der Waals surface area (Å²) < 4.78 is 0. The third kappa shape index (κ3) is 4.20. The molecule has 2 amide bonds. The van der Waals surface area contributed by atoms with Gasteiger partial charge in [0.2, 0.25) is 0 Å². The van der Waals surface area contributed by atoms with Crippen molar-refractivity contribution in [1.29, 1.82) is 0 Å². The SMILES string of the molecule is Nc1ccc2c(c1)/C(=C(/Nc1ccc(C(=O)N3CCCCC3)cc1)c1ccccc1)C(=O)N2. The lowest BCUT2D eigenvalue weighted by molar-refractivity contribution is -0.110. The molecule has 0 unspecified atom stereocenters. The van der Waals surface area contributed by atoms with Crippen LogP contribution in [0.5, 0.6) is 0 Å². The lowest BCUT2D eigenvalue weighted by Gasteiger charge is -2.26. The minimum atomic E-state index is -0.182. The first-order valence-corrected chi connectivity index (χ1v) is 11.3. The summed E-state index contributed by atoms with van der Waals surface area (Å²) in [5, 5.41) is 6.36. The Morgan fingerprint density at radius 2 is 1.61 bits per heavy atom. The van der Waals surface area contributed by atoms with Crippen LogP contribution in [0.15, 0.2) is 72.8 Å². The van der Waals surface area contributed by atoms with Crippen molar-refractivity contribution in [2.24, 2.45) is 0 Å². The maximum Gasteiger partial charge on any atom is 0.258 e. The van der Waals surface area contributed by atoms with E-state index < -0.39 is 0 Å². The fourth-order valence-electron chi connectivity index (χ4n) is 4.44. The van der Waals surface area contributed by atoms with E-state index in [0.717, 1.165) is 48.4 Å². The van der Waals surface area contributed by atoms with Crippen molar-refractivity contribution in [1.82, 2.24) is 4.90 Å². The second-order valence-corrected chi connectivity index (χ2v) is 8.43. The number of benzene rings is 3. The molecule has 0 saturated carbocycles. The molecule has 0 radical (unpaired) electrons. The van der Waals surface area contributed by atoms with Crippen molar-refractivity contribution in [3.8, 4) is 0 Å². The maximum absolute atomic E-state index is 13.0. The molecule has 6 heteroatoms. The van der Waals surface area contributed by atoms with Gasteiger partial charge < -0.3 is 21.3 Å². The first kappa shape index (κ1) is 20.8. The molecule has 2 aliphatic heterocycles. The van der Waals surface area contributed by atoms with Crippen LogP contribution >= 0.6 is 0 Å². The molecule has 0 spiro atoms. The predicted octanol–water partition coefficient (Wildman–Crippen LogP) is 4.83. The minimum absolute atomic E-state index is 0.0717. The van der Waals surface area contributed by atoms with E-state index in [1.54, 1.807) is 6.07 Å². The summed E-state index contributed by atoms with van der Waals surface area (Å²) in [6.45, 7) is 1.64. The zero-order chi connectivity index (χ0) is 22.8.